The second-order valence-corrected chi connectivity index (χ2v) is 9.17. The number of unbranched alkanes of at least 4 members (excludes halogenated alkanes) is 2. The molecule has 0 saturated heterocycles. The van der Waals surface area contributed by atoms with Crippen molar-refractivity contribution < 1.29 is 14.7 Å². The van der Waals surface area contributed by atoms with E-state index in [9.17, 15) is 14.7 Å². The number of imidazole rings is 1. The van der Waals surface area contributed by atoms with Crippen LogP contribution in [0.15, 0.2) is 60.7 Å². The number of benzene rings is 3. The van der Waals surface area contributed by atoms with Crippen molar-refractivity contribution in [1.29, 1.82) is 0 Å². The molecule has 0 fully saturated rings. The van der Waals surface area contributed by atoms with Crippen LogP contribution in [-0.4, -0.2) is 26.5 Å². The van der Waals surface area contributed by atoms with E-state index in [0.717, 1.165) is 71.5 Å². The van der Waals surface area contributed by atoms with Crippen molar-refractivity contribution in [3.8, 4) is 16.8 Å². The van der Waals surface area contributed by atoms with Gasteiger partial charge in [-0.05, 0) is 72.9 Å². The van der Waals surface area contributed by atoms with E-state index < -0.39 is 5.97 Å². The Morgan fingerprint density at radius 3 is 2.44 bits per heavy atom. The first kappa shape index (κ1) is 25.2. The Morgan fingerprint density at radius 2 is 1.72 bits per heavy atom. The SMILES string of the molecule is CCCCC(=O)Nc1ccc2nc(CCCC)n(-c3ccc(-c4ccccc4C(=O)O)c(C)c3)c2c1. The van der Waals surface area contributed by atoms with Crippen molar-refractivity contribution in [1.82, 2.24) is 9.55 Å². The molecule has 1 amide bonds. The second-order valence-electron chi connectivity index (χ2n) is 9.17. The summed E-state index contributed by atoms with van der Waals surface area (Å²) in [6.07, 6.45) is 5.27. The van der Waals surface area contributed by atoms with E-state index in [1.165, 1.54) is 0 Å². The Balaban J connectivity index is 1.79. The maximum atomic E-state index is 12.3. The number of aromatic carboxylic acids is 1. The van der Waals surface area contributed by atoms with Gasteiger partial charge in [-0.2, -0.15) is 0 Å². The Morgan fingerprint density at radius 1 is 0.944 bits per heavy atom. The predicted molar refractivity (Wildman–Crippen MR) is 145 cm³/mol. The fourth-order valence-corrected chi connectivity index (χ4v) is 4.55. The molecule has 0 radical (unpaired) electrons. The van der Waals surface area contributed by atoms with Gasteiger partial charge < -0.3 is 10.4 Å². The van der Waals surface area contributed by atoms with Gasteiger partial charge in [-0.1, -0.05) is 51.0 Å². The van der Waals surface area contributed by atoms with Crippen LogP contribution in [-0.2, 0) is 11.2 Å². The molecule has 0 spiro atoms. The summed E-state index contributed by atoms with van der Waals surface area (Å²) in [5.74, 6) is 0.0511. The molecule has 6 nitrogen and oxygen atoms in total. The van der Waals surface area contributed by atoms with Gasteiger partial charge in [0.2, 0.25) is 5.91 Å². The van der Waals surface area contributed by atoms with Gasteiger partial charge in [0, 0.05) is 24.2 Å². The highest BCUT2D eigenvalue weighted by atomic mass is 16.4. The molecule has 0 atom stereocenters. The van der Waals surface area contributed by atoms with Crippen LogP contribution in [0.4, 0.5) is 5.69 Å². The third-order valence-corrected chi connectivity index (χ3v) is 6.43. The highest BCUT2D eigenvalue weighted by Crippen LogP contribution is 2.31. The van der Waals surface area contributed by atoms with Crippen LogP contribution in [0.1, 0.15) is 67.7 Å². The summed E-state index contributed by atoms with van der Waals surface area (Å²) in [7, 11) is 0. The average molecular weight is 484 g/mol. The number of aromatic nitrogens is 2. The maximum absolute atomic E-state index is 12.3. The number of anilines is 1. The average Bonchev–Trinajstić information content (AvgIpc) is 3.23. The van der Waals surface area contributed by atoms with Gasteiger partial charge in [-0.15, -0.1) is 0 Å². The van der Waals surface area contributed by atoms with Crippen LogP contribution in [0.2, 0.25) is 0 Å². The van der Waals surface area contributed by atoms with Crippen molar-refractivity contribution in [3.05, 3.63) is 77.6 Å². The minimum Gasteiger partial charge on any atom is -0.478 e. The molecule has 186 valence electrons. The Hall–Kier alpha value is -3.93. The van der Waals surface area contributed by atoms with E-state index in [1.54, 1.807) is 12.1 Å². The number of aryl methyl sites for hydroxylation is 2. The Bertz CT molecular complexity index is 1400. The Kier molecular flexibility index (Phi) is 7.84. The number of carbonyl (C=O) groups excluding carboxylic acids is 1. The minimum absolute atomic E-state index is 0.0192. The fraction of sp³-hybridized carbons (Fsp3) is 0.300. The normalized spacial score (nSPS) is 11.1. The molecule has 0 aliphatic rings. The molecular formula is C30H33N3O3. The second kappa shape index (κ2) is 11.2. The monoisotopic (exact) mass is 483 g/mol. The third kappa shape index (κ3) is 5.33. The molecule has 4 rings (SSSR count). The number of amides is 1. The van der Waals surface area contributed by atoms with Crippen LogP contribution < -0.4 is 5.32 Å². The van der Waals surface area contributed by atoms with Crippen LogP contribution in [0, 0.1) is 6.92 Å². The third-order valence-electron chi connectivity index (χ3n) is 6.43. The van der Waals surface area contributed by atoms with Crippen molar-refractivity contribution in [2.75, 3.05) is 5.32 Å². The standard InChI is InChI=1S/C30H33N3O3/c1-4-6-12-28-32-26-17-14-21(31-29(34)13-7-5-2)19-27(26)33(28)22-15-16-23(20(3)18-22)24-10-8-9-11-25(24)30(35)36/h8-11,14-19H,4-7,12-13H2,1-3H3,(H,31,34)(H,35,36). The lowest BCUT2D eigenvalue weighted by molar-refractivity contribution is -0.116. The van der Waals surface area contributed by atoms with Crippen molar-refractivity contribution in [2.24, 2.45) is 0 Å². The molecule has 0 bridgehead atoms. The summed E-state index contributed by atoms with van der Waals surface area (Å²) < 4.78 is 2.16. The number of carboxylic acids is 1. The lowest BCUT2D eigenvalue weighted by atomic mass is 9.95. The highest BCUT2D eigenvalue weighted by molar-refractivity contribution is 5.97. The molecule has 1 heterocycles. The van der Waals surface area contributed by atoms with E-state index in [0.29, 0.717) is 12.0 Å². The number of hydrogen-bond acceptors (Lipinski definition) is 3. The summed E-state index contributed by atoms with van der Waals surface area (Å²) >= 11 is 0. The van der Waals surface area contributed by atoms with Crippen LogP contribution in [0.25, 0.3) is 27.8 Å². The summed E-state index contributed by atoms with van der Waals surface area (Å²) in [5.41, 5.74) is 6.40. The first-order chi connectivity index (χ1) is 17.4. The number of fused-ring (bicyclic) bond motifs is 1. The molecule has 1 aromatic heterocycles. The number of hydrogen-bond donors (Lipinski definition) is 2. The number of rotatable bonds is 10. The number of carbonyl (C=O) groups is 2. The molecule has 4 aromatic rings. The van der Waals surface area contributed by atoms with Crippen molar-refractivity contribution in [2.45, 2.75) is 59.3 Å². The van der Waals surface area contributed by atoms with E-state index in [2.05, 4.69) is 29.8 Å². The zero-order valence-electron chi connectivity index (χ0n) is 21.2. The minimum atomic E-state index is -0.940. The van der Waals surface area contributed by atoms with E-state index in [4.69, 9.17) is 4.98 Å². The largest absolute Gasteiger partial charge is 0.478 e. The van der Waals surface area contributed by atoms with E-state index in [1.807, 2.05) is 49.4 Å². The van der Waals surface area contributed by atoms with Gasteiger partial charge in [0.25, 0.3) is 0 Å². The molecule has 2 N–H and O–H groups in total. The lowest BCUT2D eigenvalue weighted by Crippen LogP contribution is -2.11. The van der Waals surface area contributed by atoms with Gasteiger partial charge >= 0.3 is 5.97 Å². The smallest absolute Gasteiger partial charge is 0.336 e. The molecule has 0 saturated carbocycles. The predicted octanol–water partition coefficient (Wildman–Crippen LogP) is 7.17. The number of nitrogens with zero attached hydrogens (tertiary/aromatic N) is 2. The number of nitrogens with one attached hydrogen (secondary N) is 1. The zero-order valence-corrected chi connectivity index (χ0v) is 21.2. The van der Waals surface area contributed by atoms with Crippen LogP contribution >= 0.6 is 0 Å². The summed E-state index contributed by atoms with van der Waals surface area (Å²) in [5, 5.41) is 12.7. The van der Waals surface area contributed by atoms with Crippen LogP contribution in [0.5, 0.6) is 0 Å². The summed E-state index contributed by atoms with van der Waals surface area (Å²) in [4.78, 5) is 29.0. The fourth-order valence-electron chi connectivity index (χ4n) is 4.55. The molecular weight excluding hydrogens is 450 g/mol. The quantitative estimate of drug-likeness (QED) is 0.250. The summed E-state index contributed by atoms with van der Waals surface area (Å²) in [6, 6.07) is 19.0. The molecule has 0 aliphatic heterocycles. The maximum Gasteiger partial charge on any atom is 0.336 e. The first-order valence-electron chi connectivity index (χ1n) is 12.7. The molecule has 3 aromatic carbocycles. The van der Waals surface area contributed by atoms with Gasteiger partial charge in [-0.3, -0.25) is 9.36 Å². The topological polar surface area (TPSA) is 84.2 Å². The van der Waals surface area contributed by atoms with Crippen molar-refractivity contribution in [3.63, 3.8) is 0 Å². The lowest BCUT2D eigenvalue weighted by Gasteiger charge is -2.14. The highest BCUT2D eigenvalue weighted by Gasteiger charge is 2.17. The van der Waals surface area contributed by atoms with Gasteiger partial charge in [0.1, 0.15) is 5.82 Å². The van der Waals surface area contributed by atoms with Gasteiger partial charge in [-0.25, -0.2) is 9.78 Å². The van der Waals surface area contributed by atoms with Crippen LogP contribution in [0.3, 0.4) is 0 Å². The molecule has 6 heteroatoms. The van der Waals surface area contributed by atoms with Gasteiger partial charge in [0.15, 0.2) is 0 Å². The molecule has 36 heavy (non-hydrogen) atoms. The zero-order chi connectivity index (χ0) is 25.7. The van der Waals surface area contributed by atoms with Crippen molar-refractivity contribution >= 4 is 28.6 Å². The van der Waals surface area contributed by atoms with E-state index in [-0.39, 0.29) is 11.5 Å². The number of carboxylic acid groups (broad SMARTS) is 1. The molecule has 0 unspecified atom stereocenters. The molecule has 0 aliphatic carbocycles. The van der Waals surface area contributed by atoms with E-state index >= 15 is 0 Å². The first-order valence-corrected chi connectivity index (χ1v) is 12.7. The van der Waals surface area contributed by atoms with Gasteiger partial charge in [0.05, 0.1) is 16.6 Å². The summed E-state index contributed by atoms with van der Waals surface area (Å²) in [6.45, 7) is 6.24. The Labute approximate surface area is 212 Å².